The van der Waals surface area contributed by atoms with Crippen molar-refractivity contribution in [2.24, 2.45) is 5.92 Å². The van der Waals surface area contributed by atoms with Crippen LogP contribution in [0.2, 0.25) is 0 Å². The van der Waals surface area contributed by atoms with Gasteiger partial charge in [-0.3, -0.25) is 9.59 Å². The van der Waals surface area contributed by atoms with Crippen LogP contribution in [-0.2, 0) is 9.59 Å². The summed E-state index contributed by atoms with van der Waals surface area (Å²) in [5.41, 5.74) is 1.86. The zero-order valence-electron chi connectivity index (χ0n) is 12.3. The molecule has 1 aliphatic rings. The van der Waals surface area contributed by atoms with Crippen molar-refractivity contribution < 1.29 is 9.59 Å². The molecule has 0 aliphatic carbocycles. The lowest BCUT2D eigenvalue weighted by Gasteiger charge is -2.16. The van der Waals surface area contributed by atoms with E-state index in [4.69, 9.17) is 0 Å². The van der Waals surface area contributed by atoms with Gasteiger partial charge in [-0.05, 0) is 36.8 Å². The number of carbonyl (C=O) groups excluding carboxylic acids is 2. The van der Waals surface area contributed by atoms with Crippen LogP contribution in [0.1, 0.15) is 12.0 Å². The van der Waals surface area contributed by atoms with Crippen LogP contribution in [0, 0.1) is 12.8 Å². The zero-order valence-corrected chi connectivity index (χ0v) is 12.3. The molecular formula is C17H17N3O2. The number of benzene rings is 1. The summed E-state index contributed by atoms with van der Waals surface area (Å²) in [5.74, 6) is -0.0148. The van der Waals surface area contributed by atoms with Crippen LogP contribution < -0.4 is 10.2 Å². The Morgan fingerprint density at radius 1 is 1.27 bits per heavy atom. The van der Waals surface area contributed by atoms with Gasteiger partial charge in [-0.15, -0.1) is 0 Å². The number of hydrogen-bond acceptors (Lipinski definition) is 3. The van der Waals surface area contributed by atoms with Crippen LogP contribution in [0.25, 0.3) is 0 Å². The number of anilines is 2. The highest BCUT2D eigenvalue weighted by Crippen LogP contribution is 2.25. The predicted molar refractivity (Wildman–Crippen MR) is 84.5 cm³/mol. The Morgan fingerprint density at radius 2 is 2.05 bits per heavy atom. The van der Waals surface area contributed by atoms with E-state index in [0.29, 0.717) is 12.4 Å². The van der Waals surface area contributed by atoms with Crippen molar-refractivity contribution in [3.63, 3.8) is 0 Å². The van der Waals surface area contributed by atoms with E-state index < -0.39 is 0 Å². The smallest absolute Gasteiger partial charge is 0.230 e. The number of hydrogen-bond donors (Lipinski definition) is 1. The molecule has 0 bridgehead atoms. The van der Waals surface area contributed by atoms with Gasteiger partial charge in [-0.1, -0.05) is 18.2 Å². The van der Waals surface area contributed by atoms with Crippen LogP contribution in [0.5, 0.6) is 0 Å². The minimum absolute atomic E-state index is 0.0245. The summed E-state index contributed by atoms with van der Waals surface area (Å²) < 4.78 is 0. The molecule has 1 fully saturated rings. The fourth-order valence-electron chi connectivity index (χ4n) is 2.57. The predicted octanol–water partition coefficient (Wildman–Crippen LogP) is 2.38. The second-order valence-electron chi connectivity index (χ2n) is 5.45. The van der Waals surface area contributed by atoms with Crippen molar-refractivity contribution in [2.75, 3.05) is 16.8 Å². The maximum Gasteiger partial charge on any atom is 0.230 e. The Labute approximate surface area is 129 Å². The lowest BCUT2D eigenvalue weighted by atomic mass is 10.1. The third kappa shape index (κ3) is 2.98. The molecule has 5 nitrogen and oxygen atoms in total. The minimum Gasteiger partial charge on any atom is -0.312 e. The van der Waals surface area contributed by atoms with Gasteiger partial charge in [0.25, 0.3) is 0 Å². The number of nitrogens with one attached hydrogen (secondary N) is 1. The van der Waals surface area contributed by atoms with Gasteiger partial charge < -0.3 is 10.2 Å². The van der Waals surface area contributed by atoms with E-state index in [1.807, 2.05) is 49.4 Å². The van der Waals surface area contributed by atoms with Crippen molar-refractivity contribution in [3.05, 3.63) is 54.2 Å². The first-order valence-corrected chi connectivity index (χ1v) is 7.22. The Hall–Kier alpha value is -2.69. The van der Waals surface area contributed by atoms with Crippen molar-refractivity contribution in [3.8, 4) is 0 Å². The van der Waals surface area contributed by atoms with Gasteiger partial charge in [0.2, 0.25) is 11.8 Å². The number of amides is 2. The summed E-state index contributed by atoms with van der Waals surface area (Å²) in [7, 11) is 0. The zero-order chi connectivity index (χ0) is 15.5. The van der Waals surface area contributed by atoms with Crippen molar-refractivity contribution in [1.29, 1.82) is 0 Å². The van der Waals surface area contributed by atoms with E-state index in [1.54, 1.807) is 11.1 Å². The third-order valence-electron chi connectivity index (χ3n) is 3.73. The average molecular weight is 295 g/mol. The Morgan fingerprint density at radius 3 is 2.77 bits per heavy atom. The van der Waals surface area contributed by atoms with E-state index in [2.05, 4.69) is 10.3 Å². The first-order chi connectivity index (χ1) is 10.6. The first-order valence-electron chi connectivity index (χ1n) is 7.22. The Balaban J connectivity index is 1.69. The van der Waals surface area contributed by atoms with Crippen molar-refractivity contribution in [1.82, 2.24) is 4.98 Å². The van der Waals surface area contributed by atoms with Crippen LogP contribution in [0.3, 0.4) is 0 Å². The quantitative estimate of drug-likeness (QED) is 0.945. The highest BCUT2D eigenvalue weighted by atomic mass is 16.2. The Bertz CT molecular complexity index is 700. The fourth-order valence-corrected chi connectivity index (χ4v) is 2.57. The lowest BCUT2D eigenvalue weighted by Crippen LogP contribution is -2.28. The van der Waals surface area contributed by atoms with E-state index in [9.17, 15) is 9.59 Å². The normalized spacial score (nSPS) is 17.6. The molecule has 1 atom stereocenters. The molecule has 2 aromatic rings. The summed E-state index contributed by atoms with van der Waals surface area (Å²) in [6.45, 7) is 2.34. The van der Waals surface area contributed by atoms with Crippen LogP contribution in [0.4, 0.5) is 11.5 Å². The molecule has 2 amide bonds. The number of aryl methyl sites for hydroxylation is 1. The van der Waals surface area contributed by atoms with E-state index in [1.165, 1.54) is 0 Å². The second-order valence-corrected chi connectivity index (χ2v) is 5.45. The van der Waals surface area contributed by atoms with Crippen LogP contribution in [-0.4, -0.2) is 23.3 Å². The molecule has 1 aromatic heterocycles. The van der Waals surface area contributed by atoms with E-state index in [-0.39, 0.29) is 24.2 Å². The van der Waals surface area contributed by atoms with Gasteiger partial charge in [0.05, 0.1) is 5.92 Å². The molecule has 22 heavy (non-hydrogen) atoms. The molecule has 5 heteroatoms. The van der Waals surface area contributed by atoms with Gasteiger partial charge in [-0.25, -0.2) is 4.98 Å². The SMILES string of the molecule is Cc1ccnc(NC(=O)C2CC(=O)N(c3ccccc3)C2)c1. The molecule has 0 spiro atoms. The summed E-state index contributed by atoms with van der Waals surface area (Å²) in [6, 6.07) is 13.1. The summed E-state index contributed by atoms with van der Waals surface area (Å²) in [4.78, 5) is 30.2. The molecular weight excluding hydrogens is 278 g/mol. The standard InChI is InChI=1S/C17H17N3O2/c1-12-7-8-18-15(9-12)19-17(22)13-10-16(21)20(11-13)14-5-3-2-4-6-14/h2-9,13H,10-11H2,1H3,(H,18,19,22). The number of pyridine rings is 1. The summed E-state index contributed by atoms with van der Waals surface area (Å²) in [5, 5.41) is 2.79. The van der Waals surface area contributed by atoms with Gasteiger partial charge in [-0.2, -0.15) is 0 Å². The molecule has 0 radical (unpaired) electrons. The molecule has 2 heterocycles. The van der Waals surface area contributed by atoms with E-state index >= 15 is 0 Å². The number of aromatic nitrogens is 1. The van der Waals surface area contributed by atoms with Gasteiger partial charge in [0.15, 0.2) is 0 Å². The van der Waals surface area contributed by atoms with Gasteiger partial charge >= 0.3 is 0 Å². The average Bonchev–Trinajstić information content (AvgIpc) is 2.90. The number of rotatable bonds is 3. The molecule has 1 aromatic carbocycles. The van der Waals surface area contributed by atoms with Gasteiger partial charge in [0, 0.05) is 24.8 Å². The fraction of sp³-hybridized carbons (Fsp3) is 0.235. The third-order valence-corrected chi connectivity index (χ3v) is 3.73. The second kappa shape index (κ2) is 5.97. The van der Waals surface area contributed by atoms with Crippen LogP contribution >= 0.6 is 0 Å². The van der Waals surface area contributed by atoms with Crippen LogP contribution in [0.15, 0.2) is 48.7 Å². The van der Waals surface area contributed by atoms with Crippen molar-refractivity contribution in [2.45, 2.75) is 13.3 Å². The maximum atomic E-state index is 12.3. The number of para-hydroxylation sites is 1. The molecule has 1 saturated heterocycles. The molecule has 0 saturated carbocycles. The largest absolute Gasteiger partial charge is 0.312 e. The number of nitrogens with zero attached hydrogens (tertiary/aromatic N) is 2. The first kappa shape index (κ1) is 14.3. The molecule has 1 N–H and O–H groups in total. The highest BCUT2D eigenvalue weighted by Gasteiger charge is 2.35. The molecule has 1 aliphatic heterocycles. The lowest BCUT2D eigenvalue weighted by molar-refractivity contribution is -0.122. The maximum absolute atomic E-state index is 12.3. The minimum atomic E-state index is -0.352. The topological polar surface area (TPSA) is 62.3 Å². The van der Waals surface area contributed by atoms with Gasteiger partial charge in [0.1, 0.15) is 5.82 Å². The Kier molecular flexibility index (Phi) is 3.87. The van der Waals surface area contributed by atoms with E-state index in [0.717, 1.165) is 11.3 Å². The molecule has 3 rings (SSSR count). The summed E-state index contributed by atoms with van der Waals surface area (Å²) >= 11 is 0. The van der Waals surface area contributed by atoms with Crippen molar-refractivity contribution >= 4 is 23.3 Å². The highest BCUT2D eigenvalue weighted by molar-refractivity contribution is 6.03. The number of carbonyl (C=O) groups is 2. The summed E-state index contributed by atoms with van der Waals surface area (Å²) in [6.07, 6.45) is 1.88. The monoisotopic (exact) mass is 295 g/mol. The molecule has 1 unspecified atom stereocenters. The molecule has 112 valence electrons.